The van der Waals surface area contributed by atoms with Gasteiger partial charge in [0.15, 0.2) is 5.76 Å². The molecule has 34 heavy (non-hydrogen) atoms. The SMILES string of the molecule is O=C1/C(=C/c2cccc(F)c2)Oc2cc(OC(=O)N(c3ccccc3)c3ccccc3)ccc21. The van der Waals surface area contributed by atoms with Gasteiger partial charge in [-0.05, 0) is 60.2 Å². The Hall–Kier alpha value is -4.71. The Morgan fingerprint density at radius 1 is 0.824 bits per heavy atom. The summed E-state index contributed by atoms with van der Waals surface area (Å²) in [4.78, 5) is 27.3. The van der Waals surface area contributed by atoms with Crippen LogP contribution in [0, 0.1) is 5.82 Å². The van der Waals surface area contributed by atoms with Crippen molar-refractivity contribution >= 4 is 29.3 Å². The second kappa shape index (κ2) is 9.03. The van der Waals surface area contributed by atoms with Crippen molar-refractivity contribution in [3.8, 4) is 11.5 Å². The van der Waals surface area contributed by atoms with E-state index in [1.54, 1.807) is 18.2 Å². The van der Waals surface area contributed by atoms with Gasteiger partial charge >= 0.3 is 6.09 Å². The molecule has 0 aromatic heterocycles. The summed E-state index contributed by atoms with van der Waals surface area (Å²) in [6.45, 7) is 0. The number of benzene rings is 4. The highest BCUT2D eigenvalue weighted by atomic mass is 19.1. The third kappa shape index (κ3) is 4.29. The average molecular weight is 451 g/mol. The van der Waals surface area contributed by atoms with Crippen LogP contribution in [0.2, 0.25) is 0 Å². The highest BCUT2D eigenvalue weighted by Crippen LogP contribution is 2.35. The molecule has 1 amide bonds. The summed E-state index contributed by atoms with van der Waals surface area (Å²) < 4.78 is 24.8. The predicted molar refractivity (Wildman–Crippen MR) is 127 cm³/mol. The number of carbonyl (C=O) groups is 2. The summed E-state index contributed by atoms with van der Waals surface area (Å²) in [7, 11) is 0. The van der Waals surface area contributed by atoms with Crippen molar-refractivity contribution in [3.63, 3.8) is 0 Å². The van der Waals surface area contributed by atoms with Crippen molar-refractivity contribution in [2.45, 2.75) is 0 Å². The Bertz CT molecular complexity index is 1360. The zero-order valence-electron chi connectivity index (χ0n) is 17.9. The van der Waals surface area contributed by atoms with E-state index in [2.05, 4.69) is 0 Å². The van der Waals surface area contributed by atoms with Gasteiger partial charge in [-0.25, -0.2) is 14.1 Å². The van der Waals surface area contributed by atoms with E-state index in [-0.39, 0.29) is 23.0 Å². The highest BCUT2D eigenvalue weighted by Gasteiger charge is 2.28. The predicted octanol–water partition coefficient (Wildman–Crippen LogP) is 6.78. The molecule has 5 rings (SSSR count). The number of hydrogen-bond donors (Lipinski definition) is 0. The quantitative estimate of drug-likeness (QED) is 0.321. The first-order valence-electron chi connectivity index (χ1n) is 10.5. The van der Waals surface area contributed by atoms with Crippen LogP contribution >= 0.6 is 0 Å². The minimum atomic E-state index is -0.614. The van der Waals surface area contributed by atoms with Gasteiger partial charge in [-0.15, -0.1) is 0 Å². The van der Waals surface area contributed by atoms with Crippen LogP contribution < -0.4 is 14.4 Å². The fraction of sp³-hybridized carbons (Fsp3) is 0. The fourth-order valence-corrected chi connectivity index (χ4v) is 3.64. The van der Waals surface area contributed by atoms with Crippen LogP contribution in [-0.4, -0.2) is 11.9 Å². The molecule has 0 spiro atoms. The number of fused-ring (bicyclic) bond motifs is 1. The minimum Gasteiger partial charge on any atom is -0.452 e. The zero-order valence-corrected chi connectivity index (χ0v) is 17.9. The largest absolute Gasteiger partial charge is 0.452 e. The molecular weight excluding hydrogens is 433 g/mol. The maximum atomic E-state index is 13.5. The topological polar surface area (TPSA) is 55.8 Å². The molecule has 1 aliphatic heterocycles. The van der Waals surface area contributed by atoms with Crippen molar-refractivity contribution in [2.75, 3.05) is 4.90 Å². The molecule has 1 aliphatic rings. The van der Waals surface area contributed by atoms with E-state index >= 15 is 0 Å². The molecule has 4 aromatic rings. The molecule has 4 aromatic carbocycles. The maximum absolute atomic E-state index is 13.5. The van der Waals surface area contributed by atoms with Crippen LogP contribution in [0.25, 0.3) is 6.08 Å². The normalized spacial score (nSPS) is 13.3. The Labute approximate surface area is 195 Å². The third-order valence-electron chi connectivity index (χ3n) is 5.20. The summed E-state index contributed by atoms with van der Waals surface area (Å²) >= 11 is 0. The van der Waals surface area contributed by atoms with Gasteiger partial charge in [-0.2, -0.15) is 0 Å². The van der Waals surface area contributed by atoms with E-state index in [1.807, 2.05) is 60.7 Å². The van der Waals surface area contributed by atoms with Crippen LogP contribution in [-0.2, 0) is 0 Å². The number of carbonyl (C=O) groups excluding carboxylic acids is 2. The lowest BCUT2D eigenvalue weighted by atomic mass is 10.1. The average Bonchev–Trinajstić information content (AvgIpc) is 3.15. The zero-order chi connectivity index (χ0) is 23.5. The lowest BCUT2D eigenvalue weighted by molar-refractivity contribution is 0.101. The van der Waals surface area contributed by atoms with Gasteiger partial charge in [0.2, 0.25) is 5.78 Å². The molecule has 1 heterocycles. The fourth-order valence-electron chi connectivity index (χ4n) is 3.64. The van der Waals surface area contributed by atoms with E-state index in [9.17, 15) is 14.0 Å². The lowest BCUT2D eigenvalue weighted by Gasteiger charge is -2.22. The molecule has 0 saturated carbocycles. The first-order chi connectivity index (χ1) is 16.6. The van der Waals surface area contributed by atoms with E-state index < -0.39 is 11.9 Å². The van der Waals surface area contributed by atoms with Crippen molar-refractivity contribution in [3.05, 3.63) is 126 Å². The number of hydrogen-bond acceptors (Lipinski definition) is 4. The van der Waals surface area contributed by atoms with E-state index in [4.69, 9.17) is 9.47 Å². The standard InChI is InChI=1S/C28H18FNO4/c29-20-9-7-8-19(16-20)17-26-27(31)24-15-14-23(18-25(24)34-26)33-28(32)30(21-10-3-1-4-11-21)22-12-5-2-6-13-22/h1-18H/b26-17-. The van der Waals surface area contributed by atoms with Crippen LogP contribution in [0.3, 0.4) is 0 Å². The molecule has 0 bridgehead atoms. The number of para-hydroxylation sites is 2. The first kappa shape index (κ1) is 21.2. The smallest absolute Gasteiger partial charge is 0.424 e. The summed E-state index contributed by atoms with van der Waals surface area (Å²) in [6, 6.07) is 28.7. The minimum absolute atomic E-state index is 0.0688. The Morgan fingerprint density at radius 2 is 1.50 bits per heavy atom. The van der Waals surface area contributed by atoms with Crippen LogP contribution in [0.15, 0.2) is 109 Å². The van der Waals surface area contributed by atoms with Gasteiger partial charge in [-0.3, -0.25) is 4.79 Å². The Balaban J connectivity index is 1.40. The third-order valence-corrected chi connectivity index (χ3v) is 5.20. The van der Waals surface area contributed by atoms with Crippen LogP contribution in [0.5, 0.6) is 11.5 Å². The monoisotopic (exact) mass is 451 g/mol. The van der Waals surface area contributed by atoms with Crippen LogP contribution in [0.1, 0.15) is 15.9 Å². The second-order valence-electron chi connectivity index (χ2n) is 7.53. The maximum Gasteiger partial charge on any atom is 0.424 e. The molecule has 0 radical (unpaired) electrons. The van der Waals surface area contributed by atoms with E-state index in [1.165, 1.54) is 35.2 Å². The van der Waals surface area contributed by atoms with Gasteiger partial charge in [0.05, 0.1) is 16.9 Å². The summed E-state index contributed by atoms with van der Waals surface area (Å²) in [5.41, 5.74) is 2.13. The van der Waals surface area contributed by atoms with E-state index in [0.29, 0.717) is 22.5 Å². The molecule has 0 fully saturated rings. The summed E-state index contributed by atoms with van der Waals surface area (Å²) in [5.74, 6) is -0.177. The van der Waals surface area contributed by atoms with Crippen molar-refractivity contribution in [1.82, 2.24) is 0 Å². The molecule has 166 valence electrons. The first-order valence-corrected chi connectivity index (χ1v) is 10.5. The molecule has 0 aliphatic carbocycles. The second-order valence-corrected chi connectivity index (χ2v) is 7.53. The number of Topliss-reactive ketones (excluding diaryl/α,β-unsaturated/α-hetero) is 1. The molecule has 6 heteroatoms. The lowest BCUT2D eigenvalue weighted by Crippen LogP contribution is -2.29. The number of anilines is 2. The number of amides is 1. The Morgan fingerprint density at radius 3 is 2.15 bits per heavy atom. The van der Waals surface area contributed by atoms with Crippen LogP contribution in [0.4, 0.5) is 20.6 Å². The van der Waals surface area contributed by atoms with Crippen molar-refractivity contribution in [2.24, 2.45) is 0 Å². The summed E-state index contributed by atoms with van der Waals surface area (Å²) in [5, 5.41) is 0. The number of halogens is 1. The van der Waals surface area contributed by atoms with Gasteiger partial charge in [0.25, 0.3) is 0 Å². The summed E-state index contributed by atoms with van der Waals surface area (Å²) in [6.07, 6.45) is 0.862. The molecular formula is C28H18FNO4. The van der Waals surface area contributed by atoms with Gasteiger partial charge < -0.3 is 9.47 Å². The van der Waals surface area contributed by atoms with Gasteiger partial charge in [0, 0.05) is 6.07 Å². The molecule has 0 N–H and O–H groups in total. The molecule has 0 saturated heterocycles. The van der Waals surface area contributed by atoms with E-state index in [0.717, 1.165) is 0 Å². The van der Waals surface area contributed by atoms with Gasteiger partial charge in [-0.1, -0.05) is 48.5 Å². The molecule has 0 unspecified atom stereocenters. The number of ketones is 1. The molecule has 5 nitrogen and oxygen atoms in total. The Kier molecular flexibility index (Phi) is 5.62. The highest BCUT2D eigenvalue weighted by molar-refractivity contribution is 6.14. The van der Waals surface area contributed by atoms with Gasteiger partial charge in [0.1, 0.15) is 17.3 Å². The number of rotatable bonds is 4. The van der Waals surface area contributed by atoms with Crippen molar-refractivity contribution in [1.29, 1.82) is 0 Å². The van der Waals surface area contributed by atoms with Crippen molar-refractivity contribution < 1.29 is 23.5 Å². The number of ether oxygens (including phenoxy) is 2. The number of nitrogens with zero attached hydrogens (tertiary/aromatic N) is 1. The number of allylic oxidation sites excluding steroid dienone is 1. The molecule has 0 atom stereocenters.